The number of carbonyl (C=O) groups excluding carboxylic acids is 1. The van der Waals surface area contributed by atoms with Crippen molar-refractivity contribution in [2.75, 3.05) is 23.1 Å². The van der Waals surface area contributed by atoms with Crippen LogP contribution in [-0.2, 0) is 4.79 Å². The lowest BCUT2D eigenvalue weighted by atomic mass is 10.1. The summed E-state index contributed by atoms with van der Waals surface area (Å²) in [6.45, 7) is 0.527. The molecular formula is C12H11Cl2N3O. The van der Waals surface area contributed by atoms with Gasteiger partial charge in [-0.15, -0.1) is 11.6 Å². The molecule has 0 aliphatic carbocycles. The lowest BCUT2D eigenvalue weighted by Gasteiger charge is -2.19. The number of anilines is 2. The topological polar surface area (TPSA) is 70.1 Å². The van der Waals surface area contributed by atoms with E-state index in [0.29, 0.717) is 29.6 Å². The zero-order valence-electron chi connectivity index (χ0n) is 9.49. The Bertz CT molecular complexity index is 539. The van der Waals surface area contributed by atoms with Gasteiger partial charge in [0.25, 0.3) is 0 Å². The van der Waals surface area contributed by atoms with E-state index in [0.717, 1.165) is 0 Å². The van der Waals surface area contributed by atoms with Gasteiger partial charge in [-0.1, -0.05) is 11.6 Å². The van der Waals surface area contributed by atoms with Crippen LogP contribution in [0.1, 0.15) is 12.0 Å². The highest BCUT2D eigenvalue weighted by Gasteiger charge is 2.31. The smallest absolute Gasteiger partial charge is 0.227 e. The molecule has 94 valence electrons. The Morgan fingerprint density at radius 3 is 2.83 bits per heavy atom. The standard InChI is InChI=1S/C12H11Cl2N3O/c13-4-7-3-11(18)17(6-7)10-2-1-9(14)8(5-15)12(10)16/h1-2,7H,3-4,6,16H2. The molecule has 1 aromatic rings. The number of nitrogens with zero attached hydrogens (tertiary/aromatic N) is 2. The fourth-order valence-electron chi connectivity index (χ4n) is 2.05. The van der Waals surface area contributed by atoms with E-state index in [9.17, 15) is 4.79 Å². The average Bonchev–Trinajstić information content (AvgIpc) is 2.71. The first-order chi connectivity index (χ1) is 8.58. The Kier molecular flexibility index (Phi) is 3.65. The predicted molar refractivity (Wildman–Crippen MR) is 71.8 cm³/mol. The molecule has 18 heavy (non-hydrogen) atoms. The molecule has 6 heteroatoms. The van der Waals surface area contributed by atoms with Crippen LogP contribution in [0.3, 0.4) is 0 Å². The number of nitrogen functional groups attached to an aromatic ring is 1. The van der Waals surface area contributed by atoms with Crippen molar-refractivity contribution in [3.05, 3.63) is 22.7 Å². The number of hydrogen-bond donors (Lipinski definition) is 1. The highest BCUT2D eigenvalue weighted by atomic mass is 35.5. The maximum absolute atomic E-state index is 11.9. The molecule has 1 heterocycles. The van der Waals surface area contributed by atoms with E-state index in [1.165, 1.54) is 0 Å². The van der Waals surface area contributed by atoms with Crippen LogP contribution in [0.25, 0.3) is 0 Å². The third kappa shape index (κ3) is 2.12. The molecule has 1 aliphatic heterocycles. The fraction of sp³-hybridized carbons (Fsp3) is 0.333. The molecule has 1 unspecified atom stereocenters. The lowest BCUT2D eigenvalue weighted by Crippen LogP contribution is -2.25. The maximum Gasteiger partial charge on any atom is 0.227 e. The van der Waals surface area contributed by atoms with Gasteiger partial charge >= 0.3 is 0 Å². The largest absolute Gasteiger partial charge is 0.396 e. The van der Waals surface area contributed by atoms with Crippen molar-refractivity contribution < 1.29 is 4.79 Å². The van der Waals surface area contributed by atoms with Gasteiger partial charge in [-0.3, -0.25) is 4.79 Å². The van der Waals surface area contributed by atoms with Crippen LogP contribution in [0.5, 0.6) is 0 Å². The number of nitrogens with two attached hydrogens (primary N) is 1. The highest BCUT2D eigenvalue weighted by molar-refractivity contribution is 6.32. The molecule has 1 atom stereocenters. The Balaban J connectivity index is 2.41. The first-order valence-electron chi connectivity index (χ1n) is 5.43. The van der Waals surface area contributed by atoms with Gasteiger partial charge in [0.2, 0.25) is 5.91 Å². The molecular weight excluding hydrogens is 273 g/mol. The lowest BCUT2D eigenvalue weighted by molar-refractivity contribution is -0.117. The molecule has 4 nitrogen and oxygen atoms in total. The maximum atomic E-state index is 11.9. The summed E-state index contributed by atoms with van der Waals surface area (Å²) in [7, 11) is 0. The van der Waals surface area contributed by atoms with E-state index in [1.807, 2.05) is 6.07 Å². The SMILES string of the molecule is N#Cc1c(Cl)ccc(N2CC(CCl)CC2=O)c1N. The van der Waals surface area contributed by atoms with Gasteiger partial charge in [0.15, 0.2) is 0 Å². The monoisotopic (exact) mass is 283 g/mol. The summed E-state index contributed by atoms with van der Waals surface area (Å²) >= 11 is 11.6. The Morgan fingerprint density at radius 1 is 1.56 bits per heavy atom. The van der Waals surface area contributed by atoms with Gasteiger partial charge in [-0.25, -0.2) is 0 Å². The summed E-state index contributed by atoms with van der Waals surface area (Å²) in [6, 6.07) is 5.18. The quantitative estimate of drug-likeness (QED) is 0.669. The molecule has 2 N–H and O–H groups in total. The molecule has 1 amide bonds. The van der Waals surface area contributed by atoms with Crippen molar-refractivity contribution in [2.24, 2.45) is 5.92 Å². The van der Waals surface area contributed by atoms with Crippen LogP contribution in [0.2, 0.25) is 5.02 Å². The van der Waals surface area contributed by atoms with E-state index in [-0.39, 0.29) is 23.1 Å². The number of amides is 1. The number of hydrogen-bond acceptors (Lipinski definition) is 3. The minimum Gasteiger partial charge on any atom is -0.396 e. The van der Waals surface area contributed by atoms with Crippen LogP contribution in [0, 0.1) is 17.2 Å². The first kappa shape index (κ1) is 13.0. The Labute approximate surface area is 115 Å². The second-order valence-corrected chi connectivity index (χ2v) is 4.91. The molecule has 1 fully saturated rings. The minimum atomic E-state index is -0.0291. The van der Waals surface area contributed by atoms with Gasteiger partial charge in [-0.2, -0.15) is 5.26 Å². The van der Waals surface area contributed by atoms with Gasteiger partial charge in [-0.05, 0) is 18.1 Å². The van der Waals surface area contributed by atoms with Crippen molar-refractivity contribution in [2.45, 2.75) is 6.42 Å². The molecule has 1 aromatic carbocycles. The second kappa shape index (κ2) is 5.05. The predicted octanol–water partition coefficient (Wildman–Crippen LogP) is 2.39. The average molecular weight is 284 g/mol. The van der Waals surface area contributed by atoms with Crippen molar-refractivity contribution in [3.8, 4) is 6.07 Å². The molecule has 2 rings (SSSR count). The van der Waals surface area contributed by atoms with Crippen molar-refractivity contribution in [1.82, 2.24) is 0 Å². The Hall–Kier alpha value is -1.44. The van der Waals surface area contributed by atoms with Crippen LogP contribution >= 0.6 is 23.2 Å². The summed E-state index contributed by atoms with van der Waals surface area (Å²) in [4.78, 5) is 13.4. The van der Waals surface area contributed by atoms with E-state index < -0.39 is 0 Å². The zero-order valence-corrected chi connectivity index (χ0v) is 11.0. The van der Waals surface area contributed by atoms with Crippen LogP contribution < -0.4 is 10.6 Å². The second-order valence-electron chi connectivity index (χ2n) is 4.20. The van der Waals surface area contributed by atoms with E-state index in [4.69, 9.17) is 34.2 Å². The minimum absolute atomic E-state index is 0.0291. The van der Waals surface area contributed by atoms with Crippen LogP contribution in [0.15, 0.2) is 12.1 Å². The van der Waals surface area contributed by atoms with E-state index >= 15 is 0 Å². The van der Waals surface area contributed by atoms with Crippen molar-refractivity contribution in [1.29, 1.82) is 5.26 Å². The fourth-order valence-corrected chi connectivity index (χ4v) is 2.46. The van der Waals surface area contributed by atoms with Gasteiger partial charge in [0.1, 0.15) is 6.07 Å². The van der Waals surface area contributed by atoms with Gasteiger partial charge in [0.05, 0.1) is 22.0 Å². The number of carbonyl (C=O) groups is 1. The normalized spacial score (nSPS) is 19.1. The highest BCUT2D eigenvalue weighted by Crippen LogP contribution is 2.35. The van der Waals surface area contributed by atoms with Crippen LogP contribution in [0.4, 0.5) is 11.4 Å². The zero-order chi connectivity index (χ0) is 13.3. The molecule has 1 saturated heterocycles. The molecule has 0 saturated carbocycles. The summed E-state index contributed by atoms with van der Waals surface area (Å²) in [6.07, 6.45) is 0.410. The van der Waals surface area contributed by atoms with Crippen molar-refractivity contribution in [3.63, 3.8) is 0 Å². The summed E-state index contributed by atoms with van der Waals surface area (Å²) in [5.41, 5.74) is 6.87. The number of nitriles is 1. The van der Waals surface area contributed by atoms with Crippen LogP contribution in [-0.4, -0.2) is 18.3 Å². The third-order valence-electron chi connectivity index (χ3n) is 3.00. The molecule has 0 bridgehead atoms. The molecule has 1 aliphatic rings. The Morgan fingerprint density at radius 2 is 2.28 bits per heavy atom. The first-order valence-corrected chi connectivity index (χ1v) is 6.34. The number of halogens is 2. The van der Waals surface area contributed by atoms with Crippen molar-refractivity contribution >= 4 is 40.5 Å². The van der Waals surface area contributed by atoms with Gasteiger partial charge in [0, 0.05) is 18.8 Å². The molecule has 0 spiro atoms. The van der Waals surface area contributed by atoms with E-state index in [2.05, 4.69) is 0 Å². The summed E-state index contributed by atoms with van der Waals surface area (Å²) in [5.74, 6) is 0.527. The number of benzene rings is 1. The van der Waals surface area contributed by atoms with Gasteiger partial charge < -0.3 is 10.6 Å². The molecule has 0 radical (unpaired) electrons. The molecule has 0 aromatic heterocycles. The number of rotatable bonds is 2. The third-order valence-corrected chi connectivity index (χ3v) is 3.75. The summed E-state index contributed by atoms with van der Waals surface area (Å²) < 4.78 is 0. The van der Waals surface area contributed by atoms with E-state index in [1.54, 1.807) is 17.0 Å². The number of alkyl halides is 1. The summed E-state index contributed by atoms with van der Waals surface area (Å²) in [5, 5.41) is 9.28.